The Bertz CT molecular complexity index is 341. The van der Waals surface area contributed by atoms with Crippen molar-refractivity contribution >= 4 is 5.97 Å². The SMILES string of the molecule is C=C(OCC)OC(=O)CCCCCCCCCCC(O)CCCCCC. The van der Waals surface area contributed by atoms with Gasteiger partial charge in [-0.1, -0.05) is 77.6 Å². The van der Waals surface area contributed by atoms with Crippen LogP contribution in [0.2, 0.25) is 0 Å². The van der Waals surface area contributed by atoms with E-state index in [1.807, 2.05) is 6.92 Å². The van der Waals surface area contributed by atoms with E-state index in [4.69, 9.17) is 9.47 Å². The van der Waals surface area contributed by atoms with E-state index in [2.05, 4.69) is 13.5 Å². The number of ether oxygens (including phenoxy) is 2. The van der Waals surface area contributed by atoms with Crippen molar-refractivity contribution in [2.24, 2.45) is 0 Å². The van der Waals surface area contributed by atoms with Crippen molar-refractivity contribution in [3.8, 4) is 0 Å². The van der Waals surface area contributed by atoms with Crippen LogP contribution >= 0.6 is 0 Å². The van der Waals surface area contributed by atoms with Gasteiger partial charge in [0.15, 0.2) is 0 Å². The summed E-state index contributed by atoms with van der Waals surface area (Å²) in [7, 11) is 0. The van der Waals surface area contributed by atoms with Crippen LogP contribution in [-0.4, -0.2) is 23.8 Å². The van der Waals surface area contributed by atoms with Crippen molar-refractivity contribution < 1.29 is 19.4 Å². The van der Waals surface area contributed by atoms with Gasteiger partial charge in [0, 0.05) is 6.42 Å². The van der Waals surface area contributed by atoms with Crippen LogP contribution in [0.4, 0.5) is 0 Å². The molecule has 0 amide bonds. The molecule has 0 aromatic heterocycles. The second kappa shape index (κ2) is 18.8. The van der Waals surface area contributed by atoms with Gasteiger partial charge in [0.25, 0.3) is 5.95 Å². The van der Waals surface area contributed by atoms with Gasteiger partial charge in [-0.15, -0.1) is 0 Å². The van der Waals surface area contributed by atoms with Gasteiger partial charge in [-0.2, -0.15) is 0 Å². The van der Waals surface area contributed by atoms with E-state index in [0.29, 0.717) is 13.0 Å². The number of hydrogen-bond donors (Lipinski definition) is 1. The molecule has 0 fully saturated rings. The molecule has 4 heteroatoms. The summed E-state index contributed by atoms with van der Waals surface area (Å²) in [6, 6.07) is 0. The minimum absolute atomic E-state index is 0.0922. The first-order chi connectivity index (χ1) is 12.6. The molecule has 154 valence electrons. The summed E-state index contributed by atoms with van der Waals surface area (Å²) in [5, 5.41) is 9.93. The lowest BCUT2D eigenvalue weighted by Gasteiger charge is -2.10. The van der Waals surface area contributed by atoms with E-state index in [1.165, 1.54) is 57.8 Å². The number of hydrogen-bond acceptors (Lipinski definition) is 4. The number of esters is 1. The Morgan fingerprint density at radius 3 is 1.88 bits per heavy atom. The predicted molar refractivity (Wildman–Crippen MR) is 108 cm³/mol. The number of carbonyl (C=O) groups is 1. The Hall–Kier alpha value is -1.03. The zero-order valence-electron chi connectivity index (χ0n) is 17.3. The average Bonchev–Trinajstić information content (AvgIpc) is 2.60. The van der Waals surface area contributed by atoms with Crippen LogP contribution in [-0.2, 0) is 14.3 Å². The smallest absolute Gasteiger partial charge is 0.313 e. The lowest BCUT2D eigenvalue weighted by Crippen LogP contribution is -2.06. The van der Waals surface area contributed by atoms with E-state index in [9.17, 15) is 9.90 Å². The summed E-state index contributed by atoms with van der Waals surface area (Å²) in [4.78, 5) is 11.5. The monoisotopic (exact) mass is 370 g/mol. The second-order valence-electron chi connectivity index (χ2n) is 7.15. The first-order valence-corrected chi connectivity index (χ1v) is 10.8. The Morgan fingerprint density at radius 1 is 0.846 bits per heavy atom. The van der Waals surface area contributed by atoms with Gasteiger partial charge in [-0.05, 0) is 32.8 Å². The molecule has 0 radical (unpaired) electrons. The Kier molecular flexibility index (Phi) is 18.0. The topological polar surface area (TPSA) is 55.8 Å². The van der Waals surface area contributed by atoms with Crippen LogP contribution in [0.3, 0.4) is 0 Å². The summed E-state index contributed by atoms with van der Waals surface area (Å²) in [6.07, 6.45) is 16.4. The van der Waals surface area contributed by atoms with Gasteiger partial charge in [0.05, 0.1) is 12.7 Å². The third kappa shape index (κ3) is 17.8. The highest BCUT2D eigenvalue weighted by Crippen LogP contribution is 2.14. The molecule has 26 heavy (non-hydrogen) atoms. The highest BCUT2D eigenvalue weighted by molar-refractivity contribution is 5.70. The molecule has 0 aromatic carbocycles. The van der Waals surface area contributed by atoms with E-state index < -0.39 is 0 Å². The normalized spacial score (nSPS) is 12.0. The molecule has 0 aliphatic carbocycles. The molecule has 4 nitrogen and oxygen atoms in total. The van der Waals surface area contributed by atoms with Gasteiger partial charge < -0.3 is 14.6 Å². The molecule has 0 heterocycles. The fourth-order valence-electron chi connectivity index (χ4n) is 3.03. The van der Waals surface area contributed by atoms with Gasteiger partial charge in [-0.3, -0.25) is 4.79 Å². The Labute approximate surface area is 161 Å². The molecular weight excluding hydrogens is 328 g/mol. The average molecular weight is 371 g/mol. The van der Waals surface area contributed by atoms with Crippen LogP contribution in [0.1, 0.15) is 110 Å². The highest BCUT2D eigenvalue weighted by atomic mass is 16.7. The van der Waals surface area contributed by atoms with Crippen LogP contribution < -0.4 is 0 Å². The lowest BCUT2D eigenvalue weighted by atomic mass is 10.0. The minimum atomic E-state index is -0.253. The molecule has 0 spiro atoms. The fourth-order valence-corrected chi connectivity index (χ4v) is 3.03. The summed E-state index contributed by atoms with van der Waals surface area (Å²) < 4.78 is 9.94. The summed E-state index contributed by atoms with van der Waals surface area (Å²) >= 11 is 0. The van der Waals surface area contributed by atoms with Gasteiger partial charge in [-0.25, -0.2) is 0 Å². The highest BCUT2D eigenvalue weighted by Gasteiger charge is 2.06. The quantitative estimate of drug-likeness (QED) is 0.165. The van der Waals surface area contributed by atoms with Crippen molar-refractivity contribution in [1.29, 1.82) is 0 Å². The predicted octanol–water partition coefficient (Wildman–Crippen LogP) is 6.27. The maximum absolute atomic E-state index is 11.5. The third-order valence-corrected chi connectivity index (χ3v) is 4.59. The Morgan fingerprint density at radius 2 is 1.35 bits per heavy atom. The van der Waals surface area contributed by atoms with Crippen molar-refractivity contribution in [2.45, 2.75) is 116 Å². The maximum Gasteiger partial charge on any atom is 0.313 e. The second-order valence-corrected chi connectivity index (χ2v) is 7.15. The molecule has 0 aliphatic rings. The molecule has 1 N–H and O–H groups in total. The molecule has 1 unspecified atom stereocenters. The molecule has 0 bridgehead atoms. The molecule has 0 rings (SSSR count). The van der Waals surface area contributed by atoms with Crippen molar-refractivity contribution in [3.63, 3.8) is 0 Å². The number of unbranched alkanes of at least 4 members (excludes halogenated alkanes) is 10. The van der Waals surface area contributed by atoms with Gasteiger partial charge in [0.1, 0.15) is 0 Å². The fraction of sp³-hybridized carbons (Fsp3) is 0.864. The van der Waals surface area contributed by atoms with Crippen molar-refractivity contribution in [3.05, 3.63) is 12.5 Å². The Balaban J connectivity index is 3.28. The summed E-state index contributed by atoms with van der Waals surface area (Å²) in [6.45, 7) is 8.03. The first kappa shape index (κ1) is 25.0. The minimum Gasteiger partial charge on any atom is -0.466 e. The molecule has 0 saturated carbocycles. The molecule has 0 saturated heterocycles. The molecule has 1 atom stereocenters. The number of aliphatic hydroxyl groups excluding tert-OH is 1. The van der Waals surface area contributed by atoms with Crippen LogP contribution in [0, 0.1) is 0 Å². The zero-order chi connectivity index (χ0) is 19.5. The molecule has 0 aliphatic heterocycles. The van der Waals surface area contributed by atoms with Gasteiger partial charge in [0.2, 0.25) is 0 Å². The number of carbonyl (C=O) groups excluding carboxylic acids is 1. The lowest BCUT2D eigenvalue weighted by molar-refractivity contribution is -0.144. The van der Waals surface area contributed by atoms with E-state index in [1.54, 1.807) is 0 Å². The van der Waals surface area contributed by atoms with Crippen molar-refractivity contribution in [1.82, 2.24) is 0 Å². The van der Waals surface area contributed by atoms with E-state index in [-0.39, 0.29) is 18.0 Å². The first-order valence-electron chi connectivity index (χ1n) is 10.8. The van der Waals surface area contributed by atoms with Gasteiger partial charge >= 0.3 is 5.97 Å². The summed E-state index contributed by atoms with van der Waals surface area (Å²) in [5.74, 6) is -0.153. The molecular formula is C22H42O4. The molecule has 0 aromatic rings. The standard InChI is InChI=1S/C22H42O4/c1-4-6-7-14-17-21(23)18-15-12-10-8-9-11-13-16-19-22(24)26-20(3)25-5-2/h21,23H,3-19H2,1-2H3. The number of aliphatic hydroxyl groups is 1. The van der Waals surface area contributed by atoms with E-state index >= 15 is 0 Å². The van der Waals surface area contributed by atoms with Crippen LogP contribution in [0.15, 0.2) is 12.5 Å². The third-order valence-electron chi connectivity index (χ3n) is 4.59. The van der Waals surface area contributed by atoms with E-state index in [0.717, 1.165) is 32.1 Å². The zero-order valence-corrected chi connectivity index (χ0v) is 17.3. The largest absolute Gasteiger partial charge is 0.466 e. The maximum atomic E-state index is 11.5. The van der Waals surface area contributed by atoms with Crippen LogP contribution in [0.5, 0.6) is 0 Å². The van der Waals surface area contributed by atoms with Crippen molar-refractivity contribution in [2.75, 3.05) is 6.61 Å². The van der Waals surface area contributed by atoms with Crippen LogP contribution in [0.25, 0.3) is 0 Å². The number of rotatable bonds is 19. The summed E-state index contributed by atoms with van der Waals surface area (Å²) in [5.41, 5.74) is 0.